The van der Waals surface area contributed by atoms with E-state index in [1.54, 1.807) is 13.2 Å². The summed E-state index contributed by atoms with van der Waals surface area (Å²) >= 11 is 0. The average Bonchev–Trinajstić information content (AvgIpc) is 2.67. The first-order valence-electron chi connectivity index (χ1n) is 7.82. The molecule has 0 unspecified atom stereocenters. The summed E-state index contributed by atoms with van der Waals surface area (Å²) in [6, 6.07) is 19.7. The van der Waals surface area contributed by atoms with Crippen LogP contribution in [0.3, 0.4) is 0 Å². The maximum atomic E-state index is 12.2. The summed E-state index contributed by atoms with van der Waals surface area (Å²) in [7, 11) is 1.64. The molecule has 2 N–H and O–H groups in total. The van der Waals surface area contributed by atoms with Gasteiger partial charge in [0, 0.05) is 37.2 Å². The van der Waals surface area contributed by atoms with Gasteiger partial charge in [-0.3, -0.25) is 9.78 Å². The van der Waals surface area contributed by atoms with Crippen LogP contribution in [0.5, 0.6) is 0 Å². The van der Waals surface area contributed by atoms with E-state index in [0.717, 1.165) is 22.4 Å². The third-order valence-electron chi connectivity index (χ3n) is 3.80. The van der Waals surface area contributed by atoms with E-state index in [-0.39, 0.29) is 5.91 Å². The van der Waals surface area contributed by atoms with Crippen LogP contribution in [0.2, 0.25) is 0 Å². The molecule has 3 rings (SSSR count). The highest BCUT2D eigenvalue weighted by atomic mass is 16.1. The van der Waals surface area contributed by atoms with Gasteiger partial charge in [0.25, 0.3) is 5.91 Å². The van der Waals surface area contributed by atoms with Crippen LogP contribution >= 0.6 is 0 Å². The van der Waals surface area contributed by atoms with Gasteiger partial charge in [-0.25, -0.2) is 0 Å². The zero-order chi connectivity index (χ0) is 16.8. The van der Waals surface area contributed by atoms with Crippen LogP contribution < -0.4 is 10.6 Å². The van der Waals surface area contributed by atoms with Crippen molar-refractivity contribution in [1.29, 1.82) is 0 Å². The molecule has 0 saturated heterocycles. The normalized spacial score (nSPS) is 10.2. The fourth-order valence-corrected chi connectivity index (χ4v) is 2.55. The van der Waals surface area contributed by atoms with E-state index in [4.69, 9.17) is 0 Å². The van der Waals surface area contributed by atoms with Crippen molar-refractivity contribution in [2.24, 2.45) is 0 Å². The number of hydrogen-bond donors (Lipinski definition) is 2. The molecule has 0 aliphatic heterocycles. The fourth-order valence-electron chi connectivity index (χ4n) is 2.55. The Bertz CT molecular complexity index is 817. The first-order chi connectivity index (χ1) is 11.8. The summed E-state index contributed by atoms with van der Waals surface area (Å²) in [4.78, 5) is 16.3. The third-order valence-corrected chi connectivity index (χ3v) is 3.80. The second-order valence-electron chi connectivity index (χ2n) is 5.42. The van der Waals surface area contributed by atoms with Crippen molar-refractivity contribution < 1.29 is 4.79 Å². The lowest BCUT2D eigenvalue weighted by molar-refractivity contribution is 0.0964. The Morgan fingerprint density at radius 1 is 1.04 bits per heavy atom. The van der Waals surface area contributed by atoms with E-state index in [1.165, 1.54) is 0 Å². The summed E-state index contributed by atoms with van der Waals surface area (Å²) < 4.78 is 0. The van der Waals surface area contributed by atoms with E-state index in [0.29, 0.717) is 12.1 Å². The quantitative estimate of drug-likeness (QED) is 0.754. The van der Waals surface area contributed by atoms with E-state index in [9.17, 15) is 4.79 Å². The van der Waals surface area contributed by atoms with Gasteiger partial charge >= 0.3 is 0 Å². The Hall–Kier alpha value is -3.14. The Kier molecular flexibility index (Phi) is 4.87. The molecular formula is C20H19N3O. The Labute approximate surface area is 141 Å². The number of rotatable bonds is 5. The van der Waals surface area contributed by atoms with Gasteiger partial charge in [-0.05, 0) is 41.0 Å². The smallest absolute Gasteiger partial charge is 0.251 e. The maximum Gasteiger partial charge on any atom is 0.251 e. The molecule has 4 nitrogen and oxygen atoms in total. The maximum absolute atomic E-state index is 12.2. The molecule has 0 aliphatic carbocycles. The number of carbonyl (C=O) groups is 1. The Morgan fingerprint density at radius 3 is 2.58 bits per heavy atom. The minimum atomic E-state index is -0.0901. The molecule has 1 aromatic heterocycles. The number of benzene rings is 2. The lowest BCUT2D eigenvalue weighted by atomic mass is 9.98. The number of pyridine rings is 1. The van der Waals surface area contributed by atoms with Crippen molar-refractivity contribution in [3.8, 4) is 11.1 Å². The van der Waals surface area contributed by atoms with Crippen molar-refractivity contribution in [3.05, 3.63) is 84.2 Å². The topological polar surface area (TPSA) is 54.0 Å². The SMILES string of the molecule is CNC(=O)c1ccc(NCc2cccnc2)cc1-c1ccccc1. The zero-order valence-electron chi connectivity index (χ0n) is 13.5. The van der Waals surface area contributed by atoms with E-state index in [2.05, 4.69) is 15.6 Å². The highest BCUT2D eigenvalue weighted by Crippen LogP contribution is 2.27. The van der Waals surface area contributed by atoms with Crippen molar-refractivity contribution in [2.45, 2.75) is 6.54 Å². The molecule has 0 bridgehead atoms. The van der Waals surface area contributed by atoms with E-state index in [1.807, 2.05) is 66.9 Å². The molecule has 120 valence electrons. The molecule has 0 fully saturated rings. The second-order valence-corrected chi connectivity index (χ2v) is 5.42. The van der Waals surface area contributed by atoms with Crippen LogP contribution in [-0.2, 0) is 6.54 Å². The average molecular weight is 317 g/mol. The van der Waals surface area contributed by atoms with Gasteiger partial charge in [0.1, 0.15) is 0 Å². The van der Waals surface area contributed by atoms with Gasteiger partial charge in [0.15, 0.2) is 0 Å². The fraction of sp³-hybridized carbons (Fsp3) is 0.100. The lowest BCUT2D eigenvalue weighted by Crippen LogP contribution is -2.18. The Balaban J connectivity index is 1.91. The molecule has 24 heavy (non-hydrogen) atoms. The van der Waals surface area contributed by atoms with Crippen LogP contribution in [0.4, 0.5) is 5.69 Å². The molecule has 0 radical (unpaired) electrons. The van der Waals surface area contributed by atoms with Crippen molar-refractivity contribution >= 4 is 11.6 Å². The summed E-state index contributed by atoms with van der Waals surface area (Å²) in [5.41, 5.74) is 4.65. The van der Waals surface area contributed by atoms with Crippen molar-refractivity contribution in [1.82, 2.24) is 10.3 Å². The van der Waals surface area contributed by atoms with Crippen LogP contribution in [0.25, 0.3) is 11.1 Å². The Morgan fingerprint density at radius 2 is 1.88 bits per heavy atom. The van der Waals surface area contributed by atoms with Crippen molar-refractivity contribution in [3.63, 3.8) is 0 Å². The predicted molar refractivity (Wildman–Crippen MR) is 96.8 cm³/mol. The largest absolute Gasteiger partial charge is 0.381 e. The van der Waals surface area contributed by atoms with Gasteiger partial charge in [-0.1, -0.05) is 36.4 Å². The standard InChI is InChI=1S/C20H19N3O/c1-21-20(24)18-10-9-17(23-14-15-6-5-11-22-13-15)12-19(18)16-7-3-2-4-8-16/h2-13,23H,14H2,1H3,(H,21,24). The zero-order valence-corrected chi connectivity index (χ0v) is 13.5. The molecule has 0 saturated carbocycles. The molecule has 0 aliphatic rings. The number of carbonyl (C=O) groups excluding carboxylic acids is 1. The molecule has 3 aromatic rings. The van der Waals surface area contributed by atoms with Gasteiger partial charge in [0.05, 0.1) is 0 Å². The predicted octanol–water partition coefficient (Wildman–Crippen LogP) is 3.72. The van der Waals surface area contributed by atoms with Crippen molar-refractivity contribution in [2.75, 3.05) is 12.4 Å². The number of amides is 1. The second kappa shape index (κ2) is 7.42. The molecule has 1 heterocycles. The summed E-state index contributed by atoms with van der Waals surface area (Å²) in [6.07, 6.45) is 3.60. The molecule has 4 heteroatoms. The monoisotopic (exact) mass is 317 g/mol. The van der Waals surface area contributed by atoms with Crippen LogP contribution in [0, 0.1) is 0 Å². The number of nitrogens with one attached hydrogen (secondary N) is 2. The minimum Gasteiger partial charge on any atom is -0.381 e. The van der Waals surface area contributed by atoms with E-state index >= 15 is 0 Å². The third kappa shape index (κ3) is 3.60. The van der Waals surface area contributed by atoms with Crippen LogP contribution in [0.15, 0.2) is 73.1 Å². The molecule has 0 atom stereocenters. The summed E-state index contributed by atoms with van der Waals surface area (Å²) in [6.45, 7) is 0.682. The van der Waals surface area contributed by atoms with Gasteiger partial charge < -0.3 is 10.6 Å². The minimum absolute atomic E-state index is 0.0901. The first-order valence-corrected chi connectivity index (χ1v) is 7.82. The molecular weight excluding hydrogens is 298 g/mol. The first kappa shape index (κ1) is 15.7. The number of anilines is 1. The van der Waals surface area contributed by atoms with Gasteiger partial charge in [-0.2, -0.15) is 0 Å². The molecule has 2 aromatic carbocycles. The lowest BCUT2D eigenvalue weighted by Gasteiger charge is -2.13. The van der Waals surface area contributed by atoms with E-state index < -0.39 is 0 Å². The van der Waals surface area contributed by atoms with Crippen LogP contribution in [-0.4, -0.2) is 17.9 Å². The number of hydrogen-bond acceptors (Lipinski definition) is 3. The number of aromatic nitrogens is 1. The highest BCUT2D eigenvalue weighted by molar-refractivity contribution is 6.01. The molecule has 0 spiro atoms. The highest BCUT2D eigenvalue weighted by Gasteiger charge is 2.12. The van der Waals surface area contributed by atoms with Crippen LogP contribution in [0.1, 0.15) is 15.9 Å². The molecule has 1 amide bonds. The van der Waals surface area contributed by atoms with Gasteiger partial charge in [-0.15, -0.1) is 0 Å². The van der Waals surface area contributed by atoms with Gasteiger partial charge in [0.2, 0.25) is 0 Å². The summed E-state index contributed by atoms with van der Waals surface area (Å²) in [5.74, 6) is -0.0901. The number of nitrogens with zero attached hydrogens (tertiary/aromatic N) is 1. The summed E-state index contributed by atoms with van der Waals surface area (Å²) in [5, 5.41) is 6.08.